The molecule has 1 amide bonds. The van der Waals surface area contributed by atoms with E-state index in [-0.39, 0.29) is 5.69 Å². The summed E-state index contributed by atoms with van der Waals surface area (Å²) in [4.78, 5) is 15.9. The second-order valence-electron chi connectivity index (χ2n) is 3.96. The zero-order valence-electron chi connectivity index (χ0n) is 9.72. The summed E-state index contributed by atoms with van der Waals surface area (Å²) in [7, 11) is 0. The number of pyridine rings is 1. The van der Waals surface area contributed by atoms with Gasteiger partial charge >= 0.3 is 0 Å². The molecule has 0 aliphatic carbocycles. The van der Waals surface area contributed by atoms with Crippen molar-refractivity contribution in [3.63, 3.8) is 0 Å². The van der Waals surface area contributed by atoms with Crippen LogP contribution in [0.3, 0.4) is 0 Å². The van der Waals surface area contributed by atoms with E-state index in [1.54, 1.807) is 24.4 Å². The zero-order chi connectivity index (χ0) is 13.2. The number of rotatable bonds is 2. The first-order chi connectivity index (χ1) is 9.24. The summed E-state index contributed by atoms with van der Waals surface area (Å²) in [5.74, 6) is -0.825. The third kappa shape index (κ3) is 2.15. The molecule has 0 spiro atoms. The molecule has 6 heteroatoms. The highest BCUT2D eigenvalue weighted by Gasteiger charge is 2.14. The van der Waals surface area contributed by atoms with Crippen molar-refractivity contribution < 1.29 is 9.18 Å². The highest BCUT2D eigenvalue weighted by Crippen LogP contribution is 2.18. The molecule has 0 aliphatic heterocycles. The van der Waals surface area contributed by atoms with Crippen LogP contribution in [0.2, 0.25) is 0 Å². The Hall–Kier alpha value is -2.76. The van der Waals surface area contributed by atoms with Crippen molar-refractivity contribution in [1.82, 2.24) is 15.2 Å². The van der Waals surface area contributed by atoms with E-state index < -0.39 is 11.7 Å². The predicted octanol–water partition coefficient (Wildman–Crippen LogP) is 2.35. The maximum Gasteiger partial charge on any atom is 0.276 e. The van der Waals surface area contributed by atoms with Crippen molar-refractivity contribution >= 4 is 22.5 Å². The van der Waals surface area contributed by atoms with E-state index >= 15 is 0 Å². The second kappa shape index (κ2) is 4.49. The lowest BCUT2D eigenvalue weighted by Crippen LogP contribution is -2.12. The van der Waals surface area contributed by atoms with Crippen LogP contribution in [0.4, 0.5) is 10.1 Å². The number of nitrogens with one attached hydrogen (secondary N) is 2. The molecule has 0 fully saturated rings. The van der Waals surface area contributed by atoms with Gasteiger partial charge in [-0.3, -0.25) is 14.9 Å². The SMILES string of the molecule is O=C(Nc1cccnc1)c1n[nH]c2ccc(F)cc12. The number of amides is 1. The lowest BCUT2D eigenvalue weighted by atomic mass is 10.2. The van der Waals surface area contributed by atoms with Gasteiger partial charge in [-0.25, -0.2) is 4.39 Å². The first-order valence-electron chi connectivity index (χ1n) is 5.59. The van der Waals surface area contributed by atoms with Crippen LogP contribution in [-0.2, 0) is 0 Å². The highest BCUT2D eigenvalue weighted by atomic mass is 19.1. The van der Waals surface area contributed by atoms with Crippen LogP contribution in [-0.4, -0.2) is 21.1 Å². The van der Waals surface area contributed by atoms with Gasteiger partial charge in [0.1, 0.15) is 5.82 Å². The topological polar surface area (TPSA) is 70.7 Å². The number of nitrogens with zero attached hydrogens (tertiary/aromatic N) is 2. The number of benzene rings is 1. The van der Waals surface area contributed by atoms with E-state index in [1.165, 1.54) is 18.3 Å². The molecule has 5 nitrogen and oxygen atoms in total. The summed E-state index contributed by atoms with van der Waals surface area (Å²) >= 11 is 0. The minimum Gasteiger partial charge on any atom is -0.319 e. The maximum absolute atomic E-state index is 13.2. The number of hydrogen-bond donors (Lipinski definition) is 2. The Balaban J connectivity index is 1.96. The Bertz CT molecular complexity index is 739. The van der Waals surface area contributed by atoms with Gasteiger partial charge in [-0.15, -0.1) is 0 Å². The quantitative estimate of drug-likeness (QED) is 0.739. The highest BCUT2D eigenvalue weighted by molar-refractivity contribution is 6.11. The maximum atomic E-state index is 13.2. The van der Waals surface area contributed by atoms with Crippen molar-refractivity contribution in [2.24, 2.45) is 0 Å². The van der Waals surface area contributed by atoms with Crippen LogP contribution < -0.4 is 5.32 Å². The molecule has 0 radical (unpaired) electrons. The number of aromatic nitrogens is 3. The Kier molecular flexibility index (Phi) is 2.68. The van der Waals surface area contributed by atoms with Gasteiger partial charge in [0, 0.05) is 11.6 Å². The van der Waals surface area contributed by atoms with E-state index in [0.29, 0.717) is 16.6 Å². The number of halogens is 1. The Morgan fingerprint density at radius 2 is 2.21 bits per heavy atom. The van der Waals surface area contributed by atoms with Crippen LogP contribution in [0.1, 0.15) is 10.5 Å². The Morgan fingerprint density at radius 3 is 3.00 bits per heavy atom. The molecule has 3 aromatic rings. The molecule has 0 saturated heterocycles. The summed E-state index contributed by atoms with van der Waals surface area (Å²) in [6.45, 7) is 0. The first-order valence-corrected chi connectivity index (χ1v) is 5.59. The van der Waals surface area contributed by atoms with Crippen molar-refractivity contribution in [2.75, 3.05) is 5.32 Å². The zero-order valence-corrected chi connectivity index (χ0v) is 9.72. The molecule has 94 valence electrons. The summed E-state index contributed by atoms with van der Waals surface area (Å²) in [6, 6.07) is 7.54. The molecule has 2 aromatic heterocycles. The van der Waals surface area contributed by atoms with Gasteiger partial charge in [-0.2, -0.15) is 5.10 Å². The molecule has 0 aliphatic rings. The van der Waals surface area contributed by atoms with Gasteiger partial charge in [-0.05, 0) is 30.3 Å². The fraction of sp³-hybridized carbons (Fsp3) is 0. The number of carbonyl (C=O) groups excluding carboxylic acids is 1. The van der Waals surface area contributed by atoms with Crippen LogP contribution in [0.25, 0.3) is 10.9 Å². The lowest BCUT2D eigenvalue weighted by molar-refractivity contribution is 0.102. The van der Waals surface area contributed by atoms with Gasteiger partial charge < -0.3 is 5.32 Å². The molecule has 2 N–H and O–H groups in total. The van der Waals surface area contributed by atoms with Gasteiger partial charge in [0.25, 0.3) is 5.91 Å². The molecule has 0 atom stereocenters. The third-order valence-corrected chi connectivity index (χ3v) is 2.66. The number of fused-ring (bicyclic) bond motifs is 1. The molecule has 0 unspecified atom stereocenters. The van der Waals surface area contributed by atoms with Crippen molar-refractivity contribution in [3.05, 3.63) is 54.2 Å². The lowest BCUT2D eigenvalue weighted by Gasteiger charge is -2.02. The van der Waals surface area contributed by atoms with Crippen molar-refractivity contribution in [2.45, 2.75) is 0 Å². The second-order valence-corrected chi connectivity index (χ2v) is 3.96. The smallest absolute Gasteiger partial charge is 0.276 e. The van der Waals surface area contributed by atoms with Gasteiger partial charge in [0.2, 0.25) is 0 Å². The summed E-state index contributed by atoms with van der Waals surface area (Å²) in [5.41, 5.74) is 1.32. The normalized spacial score (nSPS) is 10.6. The number of H-pyrrole nitrogens is 1. The van der Waals surface area contributed by atoms with Crippen LogP contribution in [0, 0.1) is 5.82 Å². The van der Waals surface area contributed by atoms with Crippen LogP contribution in [0.15, 0.2) is 42.7 Å². The minimum atomic E-state index is -0.413. The molecular weight excluding hydrogens is 247 g/mol. The monoisotopic (exact) mass is 256 g/mol. The molecule has 2 heterocycles. The summed E-state index contributed by atoms with van der Waals surface area (Å²) in [6.07, 6.45) is 3.13. The first kappa shape index (κ1) is 11.3. The fourth-order valence-electron chi connectivity index (χ4n) is 1.79. The van der Waals surface area contributed by atoms with E-state index in [1.807, 2.05) is 0 Å². The third-order valence-electron chi connectivity index (χ3n) is 2.66. The Labute approximate surface area is 107 Å². The van der Waals surface area contributed by atoms with Crippen molar-refractivity contribution in [1.29, 1.82) is 0 Å². The summed E-state index contributed by atoms with van der Waals surface area (Å²) < 4.78 is 13.2. The van der Waals surface area contributed by atoms with Gasteiger partial charge in [0.05, 0.1) is 17.4 Å². The fourth-order valence-corrected chi connectivity index (χ4v) is 1.79. The average Bonchev–Trinajstić information content (AvgIpc) is 2.82. The average molecular weight is 256 g/mol. The number of anilines is 1. The Morgan fingerprint density at radius 1 is 1.32 bits per heavy atom. The van der Waals surface area contributed by atoms with E-state index in [9.17, 15) is 9.18 Å². The number of carbonyl (C=O) groups is 1. The number of aromatic amines is 1. The predicted molar refractivity (Wildman–Crippen MR) is 68.2 cm³/mol. The number of hydrogen-bond acceptors (Lipinski definition) is 3. The molecule has 0 saturated carbocycles. The summed E-state index contributed by atoms with van der Waals surface area (Å²) in [5, 5.41) is 9.69. The largest absolute Gasteiger partial charge is 0.319 e. The van der Waals surface area contributed by atoms with Gasteiger partial charge in [0.15, 0.2) is 5.69 Å². The molecule has 19 heavy (non-hydrogen) atoms. The standard InChI is InChI=1S/C13H9FN4O/c14-8-3-4-11-10(6-8)12(18-17-11)13(19)16-9-2-1-5-15-7-9/h1-7H,(H,16,19)(H,17,18). The minimum absolute atomic E-state index is 0.151. The molecule has 1 aromatic carbocycles. The van der Waals surface area contributed by atoms with Crippen LogP contribution >= 0.6 is 0 Å². The van der Waals surface area contributed by atoms with Crippen molar-refractivity contribution in [3.8, 4) is 0 Å². The molecule has 0 bridgehead atoms. The molecular formula is C13H9FN4O. The van der Waals surface area contributed by atoms with Crippen LogP contribution in [0.5, 0.6) is 0 Å². The van der Waals surface area contributed by atoms with E-state index in [4.69, 9.17) is 0 Å². The van der Waals surface area contributed by atoms with E-state index in [2.05, 4.69) is 20.5 Å². The molecule has 3 rings (SSSR count). The van der Waals surface area contributed by atoms with E-state index in [0.717, 1.165) is 0 Å². The van der Waals surface area contributed by atoms with Gasteiger partial charge in [-0.1, -0.05) is 0 Å².